The van der Waals surface area contributed by atoms with Crippen LogP contribution in [-0.2, 0) is 17.6 Å². The Morgan fingerprint density at radius 2 is 1.65 bits per heavy atom. The Kier molecular flexibility index (Phi) is 10.6. The van der Waals surface area contributed by atoms with E-state index in [0.29, 0.717) is 42.8 Å². The number of aryl methyl sites for hydroxylation is 1. The third-order valence-electron chi connectivity index (χ3n) is 6.31. The minimum absolute atomic E-state index is 0. The summed E-state index contributed by atoms with van der Waals surface area (Å²) < 4.78 is 79.3. The van der Waals surface area contributed by atoms with Gasteiger partial charge >= 0.3 is 6.36 Å². The summed E-state index contributed by atoms with van der Waals surface area (Å²) in [5.74, 6) is -1.89. The van der Waals surface area contributed by atoms with Crippen molar-refractivity contribution < 1.29 is 41.0 Å². The molecule has 6 nitrogen and oxygen atoms in total. The Balaban J connectivity index is 0.00000441. The van der Waals surface area contributed by atoms with E-state index in [9.17, 15) is 26.7 Å². The van der Waals surface area contributed by atoms with E-state index >= 15 is 0 Å². The Labute approximate surface area is 234 Å². The van der Waals surface area contributed by atoms with E-state index < -0.39 is 30.1 Å². The average molecular weight is 587 g/mol. The third kappa shape index (κ3) is 8.22. The first kappa shape index (κ1) is 31.0. The van der Waals surface area contributed by atoms with Crippen molar-refractivity contribution in [3.63, 3.8) is 0 Å². The molecule has 1 heterocycles. The monoisotopic (exact) mass is 586 g/mol. The van der Waals surface area contributed by atoms with E-state index in [1.807, 2.05) is 4.90 Å². The summed E-state index contributed by atoms with van der Waals surface area (Å²) in [6.07, 6.45) is -3.08. The van der Waals surface area contributed by atoms with E-state index in [-0.39, 0.29) is 37.1 Å². The number of halogens is 6. The number of hydrogen-bond acceptors (Lipinski definition) is 6. The van der Waals surface area contributed by atoms with Gasteiger partial charge in [0.15, 0.2) is 11.6 Å². The van der Waals surface area contributed by atoms with Crippen molar-refractivity contribution in [3.8, 4) is 17.2 Å². The Morgan fingerprint density at radius 1 is 0.950 bits per heavy atom. The van der Waals surface area contributed by atoms with Crippen LogP contribution in [0.3, 0.4) is 0 Å². The van der Waals surface area contributed by atoms with Crippen molar-refractivity contribution in [2.45, 2.75) is 31.8 Å². The number of alkyl halides is 3. The molecule has 2 N–H and O–H groups in total. The highest BCUT2D eigenvalue weighted by Crippen LogP contribution is 2.34. The maximum atomic E-state index is 13.6. The minimum Gasteiger partial charge on any atom is -0.490 e. The number of ether oxygens (including phenoxy) is 3. The Hall–Kier alpha value is -3.57. The van der Waals surface area contributed by atoms with Gasteiger partial charge in [-0.3, -0.25) is 0 Å². The summed E-state index contributed by atoms with van der Waals surface area (Å²) in [5, 5.41) is 0. The fourth-order valence-corrected chi connectivity index (χ4v) is 4.49. The maximum absolute atomic E-state index is 13.6. The molecule has 0 saturated heterocycles. The number of carbonyl (C=O) groups excluding carboxylic acids is 1. The molecule has 4 rings (SSSR count). The van der Waals surface area contributed by atoms with Crippen LogP contribution in [0.25, 0.3) is 0 Å². The number of aldehydes is 1. The molecule has 216 valence electrons. The van der Waals surface area contributed by atoms with Gasteiger partial charge in [0.1, 0.15) is 36.8 Å². The predicted octanol–water partition coefficient (Wildman–Crippen LogP) is 5.84. The SMILES string of the molecule is Cl.NC(C(C=O)Cc1ccc(OCCOc2ccc(F)cc2F)cc1)N1CCCc2cc(OC(F)(F)F)ccc21. The molecule has 40 heavy (non-hydrogen) atoms. The molecule has 0 saturated carbocycles. The first-order valence-electron chi connectivity index (χ1n) is 12.3. The molecule has 2 atom stereocenters. The number of nitrogens with two attached hydrogens (primary N) is 1. The fourth-order valence-electron chi connectivity index (χ4n) is 4.49. The van der Waals surface area contributed by atoms with Crippen molar-refractivity contribution in [1.29, 1.82) is 0 Å². The zero-order chi connectivity index (χ0) is 28.0. The highest BCUT2D eigenvalue weighted by molar-refractivity contribution is 5.85. The van der Waals surface area contributed by atoms with Gasteiger partial charge in [-0.25, -0.2) is 8.78 Å². The largest absolute Gasteiger partial charge is 0.573 e. The van der Waals surface area contributed by atoms with Crippen molar-refractivity contribution >= 4 is 24.4 Å². The summed E-state index contributed by atoms with van der Waals surface area (Å²) in [6, 6.07) is 14.2. The van der Waals surface area contributed by atoms with Crippen LogP contribution in [-0.4, -0.2) is 38.6 Å². The van der Waals surface area contributed by atoms with Gasteiger partial charge in [0, 0.05) is 18.3 Å². The quantitative estimate of drug-likeness (QED) is 0.173. The molecule has 12 heteroatoms. The second-order valence-corrected chi connectivity index (χ2v) is 9.05. The van der Waals surface area contributed by atoms with Gasteiger partial charge in [0.05, 0.1) is 12.1 Å². The van der Waals surface area contributed by atoms with Gasteiger partial charge < -0.3 is 29.6 Å². The molecule has 0 bridgehead atoms. The van der Waals surface area contributed by atoms with Gasteiger partial charge in [-0.05, 0) is 72.9 Å². The van der Waals surface area contributed by atoms with Crippen molar-refractivity contribution in [2.24, 2.45) is 11.7 Å². The molecular formula is C28H28ClF5N2O4. The number of nitrogens with zero attached hydrogens (tertiary/aromatic N) is 1. The standard InChI is InChI=1S/C28H27F5N2O4.ClH/c29-21-5-10-26(24(30)16-21)38-13-12-37-22-6-3-18(4-7-22)14-20(17-36)27(34)35-11-1-2-19-15-23(8-9-25(19)35)39-28(31,32)33;/h3-10,15-17,20,27H,1-2,11-14,34H2;1H. The second kappa shape index (κ2) is 13.7. The van der Waals surface area contributed by atoms with E-state index in [2.05, 4.69) is 4.74 Å². The van der Waals surface area contributed by atoms with Crippen LogP contribution < -0.4 is 24.8 Å². The van der Waals surface area contributed by atoms with Crippen LogP contribution in [0, 0.1) is 17.6 Å². The predicted molar refractivity (Wildman–Crippen MR) is 141 cm³/mol. The average Bonchev–Trinajstić information content (AvgIpc) is 2.89. The van der Waals surface area contributed by atoms with E-state index in [4.69, 9.17) is 15.2 Å². The fraction of sp³-hybridized carbons (Fsp3) is 0.321. The molecule has 0 amide bonds. The second-order valence-electron chi connectivity index (χ2n) is 9.05. The van der Waals surface area contributed by atoms with Crippen molar-refractivity contribution in [2.75, 3.05) is 24.7 Å². The van der Waals surface area contributed by atoms with Crippen LogP contribution in [0.1, 0.15) is 17.5 Å². The van der Waals surface area contributed by atoms with Gasteiger partial charge in [0.25, 0.3) is 0 Å². The zero-order valence-corrected chi connectivity index (χ0v) is 22.0. The van der Waals surface area contributed by atoms with Crippen molar-refractivity contribution in [1.82, 2.24) is 0 Å². The number of rotatable bonds is 11. The van der Waals surface area contributed by atoms with Crippen LogP contribution in [0.4, 0.5) is 27.6 Å². The van der Waals surface area contributed by atoms with Crippen LogP contribution in [0.5, 0.6) is 17.2 Å². The highest BCUT2D eigenvalue weighted by Gasteiger charge is 2.32. The summed E-state index contributed by atoms with van der Waals surface area (Å²) in [5.41, 5.74) is 8.68. The van der Waals surface area contributed by atoms with Crippen LogP contribution in [0.15, 0.2) is 60.7 Å². The molecule has 0 spiro atoms. The zero-order valence-electron chi connectivity index (χ0n) is 21.2. The summed E-state index contributed by atoms with van der Waals surface area (Å²) in [4.78, 5) is 13.8. The minimum atomic E-state index is -4.78. The van der Waals surface area contributed by atoms with Gasteiger partial charge in [-0.2, -0.15) is 0 Å². The lowest BCUT2D eigenvalue weighted by Gasteiger charge is -2.38. The van der Waals surface area contributed by atoms with E-state index in [1.165, 1.54) is 24.3 Å². The number of anilines is 1. The van der Waals surface area contributed by atoms with Crippen LogP contribution in [0.2, 0.25) is 0 Å². The number of benzene rings is 3. The molecule has 0 aliphatic carbocycles. The third-order valence-corrected chi connectivity index (χ3v) is 6.31. The van der Waals surface area contributed by atoms with Crippen molar-refractivity contribution in [3.05, 3.63) is 83.4 Å². The van der Waals surface area contributed by atoms with Gasteiger partial charge in [-0.1, -0.05) is 12.1 Å². The van der Waals surface area contributed by atoms with E-state index in [1.54, 1.807) is 24.3 Å². The molecule has 1 aliphatic heterocycles. The molecule has 3 aromatic carbocycles. The smallest absolute Gasteiger partial charge is 0.490 e. The molecule has 2 unspecified atom stereocenters. The molecule has 0 radical (unpaired) electrons. The number of fused-ring (bicyclic) bond motifs is 1. The van der Waals surface area contributed by atoms with E-state index in [0.717, 1.165) is 24.0 Å². The van der Waals surface area contributed by atoms with Crippen LogP contribution >= 0.6 is 12.4 Å². The number of hydrogen-bond donors (Lipinski definition) is 1. The lowest BCUT2D eigenvalue weighted by molar-refractivity contribution is -0.274. The molecule has 3 aromatic rings. The molecule has 0 aromatic heterocycles. The summed E-state index contributed by atoms with van der Waals surface area (Å²) in [6.45, 7) is 0.740. The molecular weight excluding hydrogens is 559 g/mol. The Bertz CT molecular complexity index is 1280. The van der Waals surface area contributed by atoms with Gasteiger partial charge in [0.2, 0.25) is 0 Å². The lowest BCUT2D eigenvalue weighted by Crippen LogP contribution is -2.50. The highest BCUT2D eigenvalue weighted by atomic mass is 35.5. The Morgan fingerprint density at radius 3 is 2.33 bits per heavy atom. The number of carbonyl (C=O) groups is 1. The first-order chi connectivity index (χ1) is 18.6. The summed E-state index contributed by atoms with van der Waals surface area (Å²) >= 11 is 0. The topological polar surface area (TPSA) is 74.0 Å². The first-order valence-corrected chi connectivity index (χ1v) is 12.3. The maximum Gasteiger partial charge on any atom is 0.573 e. The molecule has 0 fully saturated rings. The van der Waals surface area contributed by atoms with Gasteiger partial charge in [-0.15, -0.1) is 25.6 Å². The normalized spacial score (nSPS) is 14.4. The summed E-state index contributed by atoms with van der Waals surface area (Å²) in [7, 11) is 0. The lowest BCUT2D eigenvalue weighted by atomic mass is 9.94. The molecule has 1 aliphatic rings.